The summed E-state index contributed by atoms with van der Waals surface area (Å²) in [6.45, 7) is 1.28. The van der Waals surface area contributed by atoms with Crippen LogP contribution in [0.3, 0.4) is 0 Å². The summed E-state index contributed by atoms with van der Waals surface area (Å²) in [5.41, 5.74) is 2.49. The van der Waals surface area contributed by atoms with Crippen molar-refractivity contribution in [3.8, 4) is 0 Å². The lowest BCUT2D eigenvalue weighted by Gasteiger charge is -2.37. The predicted molar refractivity (Wildman–Crippen MR) is 94.8 cm³/mol. The highest BCUT2D eigenvalue weighted by Crippen LogP contribution is 2.33. The lowest BCUT2D eigenvalue weighted by Crippen LogP contribution is -2.44. The van der Waals surface area contributed by atoms with Crippen molar-refractivity contribution in [3.63, 3.8) is 0 Å². The number of amides is 2. The van der Waals surface area contributed by atoms with E-state index in [4.69, 9.17) is 0 Å². The number of anilines is 1. The van der Waals surface area contributed by atoms with Crippen LogP contribution in [0.15, 0.2) is 72.9 Å². The molecule has 25 heavy (non-hydrogen) atoms. The van der Waals surface area contributed by atoms with Crippen molar-refractivity contribution in [2.24, 2.45) is 0 Å². The fourth-order valence-electron chi connectivity index (χ4n) is 3.35. The molecule has 126 valence electrons. The Bertz CT molecular complexity index is 891. The zero-order valence-corrected chi connectivity index (χ0v) is 13.6. The molecule has 0 radical (unpaired) electrons. The van der Waals surface area contributed by atoms with Crippen LogP contribution in [0.2, 0.25) is 0 Å². The Hall–Kier alpha value is -3.08. The summed E-state index contributed by atoms with van der Waals surface area (Å²) >= 11 is 0. The van der Waals surface area contributed by atoms with Gasteiger partial charge in [-0.05, 0) is 42.0 Å². The highest BCUT2D eigenvalue weighted by atomic mass is 19.1. The van der Waals surface area contributed by atoms with Gasteiger partial charge in [-0.2, -0.15) is 0 Å². The van der Waals surface area contributed by atoms with Gasteiger partial charge in [0.05, 0.1) is 6.04 Å². The number of nitrogens with one attached hydrogen (secondary N) is 1. The molecule has 1 N–H and O–H groups in total. The Kier molecular flexibility index (Phi) is 3.98. The standard InChI is InChI=1S/C20H18FN3O/c21-16-7-4-6-15(14-16)19-18-10-5-11-23(18)12-13-24(19)20(25)22-17-8-2-1-3-9-17/h1-11,14,19H,12-13H2,(H,22,25). The maximum absolute atomic E-state index is 13.8. The topological polar surface area (TPSA) is 37.3 Å². The summed E-state index contributed by atoms with van der Waals surface area (Å²) in [6.07, 6.45) is 1.99. The van der Waals surface area contributed by atoms with Crippen LogP contribution in [-0.4, -0.2) is 22.0 Å². The number of carbonyl (C=O) groups excluding carboxylic acids is 1. The van der Waals surface area contributed by atoms with E-state index >= 15 is 0 Å². The third-order valence-corrected chi connectivity index (χ3v) is 4.49. The summed E-state index contributed by atoms with van der Waals surface area (Å²) in [5, 5.41) is 2.93. The van der Waals surface area contributed by atoms with E-state index in [1.54, 1.807) is 11.0 Å². The van der Waals surface area contributed by atoms with Crippen molar-refractivity contribution >= 4 is 11.7 Å². The third kappa shape index (κ3) is 3.01. The first-order valence-electron chi connectivity index (χ1n) is 8.25. The van der Waals surface area contributed by atoms with Gasteiger partial charge in [0.1, 0.15) is 5.82 Å². The van der Waals surface area contributed by atoms with Crippen LogP contribution in [0.4, 0.5) is 14.9 Å². The van der Waals surface area contributed by atoms with Gasteiger partial charge >= 0.3 is 6.03 Å². The number of fused-ring (bicyclic) bond motifs is 1. The minimum absolute atomic E-state index is 0.187. The number of benzene rings is 2. The number of rotatable bonds is 2. The fourth-order valence-corrected chi connectivity index (χ4v) is 3.35. The van der Waals surface area contributed by atoms with Crippen LogP contribution < -0.4 is 5.32 Å². The SMILES string of the molecule is O=C(Nc1ccccc1)N1CCn2cccc2C1c1cccc(F)c1. The van der Waals surface area contributed by atoms with Gasteiger partial charge in [-0.25, -0.2) is 9.18 Å². The van der Waals surface area contributed by atoms with Crippen molar-refractivity contribution in [2.45, 2.75) is 12.6 Å². The number of halogens is 1. The molecular formula is C20H18FN3O. The number of urea groups is 1. The van der Waals surface area contributed by atoms with Gasteiger partial charge in [0.2, 0.25) is 0 Å². The van der Waals surface area contributed by atoms with Crippen molar-refractivity contribution in [3.05, 3.63) is 90.0 Å². The second-order valence-corrected chi connectivity index (χ2v) is 6.07. The molecule has 2 aromatic carbocycles. The number of para-hydroxylation sites is 1. The molecule has 3 aromatic rings. The first-order chi connectivity index (χ1) is 12.2. The van der Waals surface area contributed by atoms with Gasteiger partial charge in [-0.15, -0.1) is 0 Å². The number of hydrogen-bond acceptors (Lipinski definition) is 1. The summed E-state index contributed by atoms with van der Waals surface area (Å²) in [4.78, 5) is 14.6. The Morgan fingerprint density at radius 1 is 1.00 bits per heavy atom. The fraction of sp³-hybridized carbons (Fsp3) is 0.150. The van der Waals surface area contributed by atoms with E-state index in [0.717, 1.165) is 23.5 Å². The highest BCUT2D eigenvalue weighted by molar-refractivity contribution is 5.90. The number of hydrogen-bond donors (Lipinski definition) is 1. The van der Waals surface area contributed by atoms with Gasteiger partial charge in [-0.1, -0.05) is 30.3 Å². The zero-order chi connectivity index (χ0) is 17.2. The van der Waals surface area contributed by atoms with Crippen LogP contribution in [0, 0.1) is 5.82 Å². The molecule has 1 atom stereocenters. The molecule has 0 spiro atoms. The van der Waals surface area contributed by atoms with E-state index in [0.29, 0.717) is 6.54 Å². The van der Waals surface area contributed by atoms with E-state index in [1.807, 2.05) is 54.7 Å². The molecule has 4 rings (SSSR count). The average molecular weight is 335 g/mol. The lowest BCUT2D eigenvalue weighted by molar-refractivity contribution is 0.181. The monoisotopic (exact) mass is 335 g/mol. The minimum atomic E-state index is -0.317. The Morgan fingerprint density at radius 2 is 1.84 bits per heavy atom. The van der Waals surface area contributed by atoms with Crippen molar-refractivity contribution in [1.29, 1.82) is 0 Å². The van der Waals surface area contributed by atoms with Crippen molar-refractivity contribution < 1.29 is 9.18 Å². The lowest BCUT2D eigenvalue weighted by atomic mass is 10.00. The maximum Gasteiger partial charge on any atom is 0.322 e. The molecule has 1 unspecified atom stereocenters. The van der Waals surface area contributed by atoms with E-state index in [2.05, 4.69) is 9.88 Å². The molecule has 1 aliphatic heterocycles. The van der Waals surface area contributed by atoms with Crippen molar-refractivity contribution in [2.75, 3.05) is 11.9 Å². The largest absolute Gasteiger partial charge is 0.348 e. The van der Waals surface area contributed by atoms with Gasteiger partial charge in [0, 0.05) is 30.7 Å². The first-order valence-corrected chi connectivity index (χ1v) is 8.25. The van der Waals surface area contributed by atoms with Gasteiger partial charge < -0.3 is 14.8 Å². The molecule has 2 amide bonds. The highest BCUT2D eigenvalue weighted by Gasteiger charge is 2.32. The minimum Gasteiger partial charge on any atom is -0.348 e. The molecule has 0 bridgehead atoms. The second kappa shape index (κ2) is 6.43. The summed E-state index contributed by atoms with van der Waals surface area (Å²) in [7, 11) is 0. The summed E-state index contributed by atoms with van der Waals surface area (Å²) in [5.74, 6) is -0.301. The van der Waals surface area contributed by atoms with Crippen LogP contribution in [0.25, 0.3) is 0 Å². The molecule has 5 heteroatoms. The average Bonchev–Trinajstić information content (AvgIpc) is 3.10. The molecule has 0 saturated carbocycles. The quantitative estimate of drug-likeness (QED) is 0.746. The number of nitrogens with zero attached hydrogens (tertiary/aromatic N) is 2. The van der Waals surface area contributed by atoms with Crippen LogP contribution in [-0.2, 0) is 6.54 Å². The van der Waals surface area contributed by atoms with E-state index in [-0.39, 0.29) is 17.9 Å². The van der Waals surface area contributed by atoms with Gasteiger partial charge in [-0.3, -0.25) is 0 Å². The normalized spacial score (nSPS) is 16.4. The van der Waals surface area contributed by atoms with Crippen LogP contribution in [0.1, 0.15) is 17.3 Å². The van der Waals surface area contributed by atoms with E-state index in [9.17, 15) is 9.18 Å². The first kappa shape index (κ1) is 15.4. The van der Waals surface area contributed by atoms with Crippen LogP contribution in [0.5, 0.6) is 0 Å². The Morgan fingerprint density at radius 3 is 2.64 bits per heavy atom. The zero-order valence-electron chi connectivity index (χ0n) is 13.6. The molecular weight excluding hydrogens is 317 g/mol. The van der Waals surface area contributed by atoms with E-state index in [1.165, 1.54) is 12.1 Å². The smallest absolute Gasteiger partial charge is 0.322 e. The van der Waals surface area contributed by atoms with Gasteiger partial charge in [0.25, 0.3) is 0 Å². The predicted octanol–water partition coefficient (Wildman–Crippen LogP) is 4.26. The summed E-state index contributed by atoms with van der Waals surface area (Å²) < 4.78 is 15.9. The maximum atomic E-state index is 13.8. The van der Waals surface area contributed by atoms with Crippen LogP contribution >= 0.6 is 0 Å². The summed E-state index contributed by atoms with van der Waals surface area (Å²) in [6, 6.07) is 19.2. The number of carbonyl (C=O) groups is 1. The molecule has 0 fully saturated rings. The Balaban J connectivity index is 1.69. The molecule has 2 heterocycles. The van der Waals surface area contributed by atoms with Gasteiger partial charge in [0.15, 0.2) is 0 Å². The van der Waals surface area contributed by atoms with E-state index < -0.39 is 0 Å². The number of aromatic nitrogens is 1. The third-order valence-electron chi connectivity index (χ3n) is 4.49. The molecule has 4 nitrogen and oxygen atoms in total. The Labute approximate surface area is 145 Å². The molecule has 1 aliphatic rings. The second-order valence-electron chi connectivity index (χ2n) is 6.07. The van der Waals surface area contributed by atoms with Crippen molar-refractivity contribution in [1.82, 2.24) is 9.47 Å². The molecule has 0 aliphatic carbocycles. The molecule has 0 saturated heterocycles. The molecule has 1 aromatic heterocycles.